The second-order valence-corrected chi connectivity index (χ2v) is 7.15. The number of halogens is 4. The molecule has 0 aliphatic heterocycles. The van der Waals surface area contributed by atoms with Crippen molar-refractivity contribution >= 4 is 61.8 Å². The third kappa shape index (κ3) is 3.78. The van der Waals surface area contributed by atoms with Crippen LogP contribution in [0.25, 0.3) is 11.3 Å². The summed E-state index contributed by atoms with van der Waals surface area (Å²) in [6.07, 6.45) is 1.28. The highest BCUT2D eigenvalue weighted by Crippen LogP contribution is 2.32. The Balaban J connectivity index is 1.76. The molecule has 0 spiro atoms. The number of benzene rings is 2. The summed E-state index contributed by atoms with van der Waals surface area (Å²) in [7, 11) is 0. The number of hydrogen-bond acceptors (Lipinski definition) is 4. The Morgan fingerprint density at radius 3 is 2.75 bits per heavy atom. The Kier molecular flexibility index (Phi) is 5.50. The van der Waals surface area contributed by atoms with Crippen molar-refractivity contribution in [1.29, 1.82) is 0 Å². The van der Waals surface area contributed by atoms with E-state index in [2.05, 4.69) is 31.4 Å². The third-order valence-electron chi connectivity index (χ3n) is 3.08. The minimum Gasteiger partial charge on any atom is -0.253 e. The van der Waals surface area contributed by atoms with Crippen LogP contribution in [0, 0.1) is 5.82 Å². The molecule has 0 fully saturated rings. The van der Waals surface area contributed by atoms with Crippen molar-refractivity contribution in [3.05, 3.63) is 67.7 Å². The number of rotatable bonds is 4. The Morgan fingerprint density at radius 2 is 2.00 bits per heavy atom. The van der Waals surface area contributed by atoms with Crippen LogP contribution in [-0.4, -0.2) is 11.2 Å². The van der Waals surface area contributed by atoms with Crippen molar-refractivity contribution in [1.82, 2.24) is 4.98 Å². The maximum Gasteiger partial charge on any atom is 0.203 e. The van der Waals surface area contributed by atoms with Gasteiger partial charge < -0.3 is 0 Å². The fourth-order valence-electron chi connectivity index (χ4n) is 1.92. The molecule has 0 aliphatic rings. The topological polar surface area (TPSA) is 37.3 Å². The first-order valence-corrected chi connectivity index (χ1v) is 9.12. The average molecular weight is 445 g/mol. The van der Waals surface area contributed by atoms with E-state index in [1.165, 1.54) is 23.6 Å². The second-order valence-electron chi connectivity index (χ2n) is 4.66. The Bertz CT molecular complexity index is 900. The SMILES string of the molecule is Fc1c(Cl)c(Br)cc(Cl)c1C=NNc1nc(-c2ccccc2)cs1. The molecule has 3 rings (SSSR count). The number of nitrogens with zero attached hydrogens (tertiary/aromatic N) is 2. The molecule has 24 heavy (non-hydrogen) atoms. The Hall–Kier alpha value is -1.47. The summed E-state index contributed by atoms with van der Waals surface area (Å²) in [4.78, 5) is 4.42. The Morgan fingerprint density at radius 1 is 1.25 bits per heavy atom. The van der Waals surface area contributed by atoms with Crippen molar-refractivity contribution in [2.75, 3.05) is 5.43 Å². The molecule has 3 aromatic rings. The molecule has 122 valence electrons. The second kappa shape index (κ2) is 7.61. The van der Waals surface area contributed by atoms with Crippen LogP contribution in [-0.2, 0) is 0 Å². The summed E-state index contributed by atoms with van der Waals surface area (Å²) in [5, 5.41) is 6.65. The first-order chi connectivity index (χ1) is 11.6. The van der Waals surface area contributed by atoms with Gasteiger partial charge in [0.1, 0.15) is 0 Å². The summed E-state index contributed by atoms with van der Waals surface area (Å²) < 4.78 is 14.5. The molecule has 2 aromatic carbocycles. The lowest BCUT2D eigenvalue weighted by molar-refractivity contribution is 0.625. The number of thiazole rings is 1. The smallest absolute Gasteiger partial charge is 0.203 e. The van der Waals surface area contributed by atoms with Gasteiger partial charge in [-0.2, -0.15) is 5.10 Å². The van der Waals surface area contributed by atoms with Crippen molar-refractivity contribution < 1.29 is 4.39 Å². The first kappa shape index (κ1) is 17.4. The summed E-state index contributed by atoms with van der Waals surface area (Å²) in [5.41, 5.74) is 4.73. The fourth-order valence-corrected chi connectivity index (χ4v) is 3.52. The van der Waals surface area contributed by atoms with Crippen molar-refractivity contribution in [3.8, 4) is 11.3 Å². The van der Waals surface area contributed by atoms with Crippen molar-refractivity contribution in [2.45, 2.75) is 0 Å². The van der Waals surface area contributed by atoms with Crippen molar-refractivity contribution in [2.24, 2.45) is 5.10 Å². The molecule has 0 radical (unpaired) electrons. The molecule has 1 N–H and O–H groups in total. The van der Waals surface area contributed by atoms with Crippen LogP contribution in [0.5, 0.6) is 0 Å². The first-order valence-electron chi connectivity index (χ1n) is 6.69. The van der Waals surface area contributed by atoms with Crippen LogP contribution in [0.3, 0.4) is 0 Å². The van der Waals surface area contributed by atoms with Gasteiger partial charge in [0.15, 0.2) is 5.82 Å². The molecular weight excluding hydrogens is 436 g/mol. The molecule has 1 aromatic heterocycles. The highest BCUT2D eigenvalue weighted by atomic mass is 79.9. The van der Waals surface area contributed by atoms with E-state index in [1.54, 1.807) is 0 Å². The largest absolute Gasteiger partial charge is 0.253 e. The monoisotopic (exact) mass is 443 g/mol. The van der Waals surface area contributed by atoms with Crippen LogP contribution in [0.15, 0.2) is 51.4 Å². The normalized spacial score (nSPS) is 11.2. The zero-order chi connectivity index (χ0) is 17.1. The molecule has 8 heteroatoms. The minimum atomic E-state index is -0.634. The summed E-state index contributed by atoms with van der Waals surface area (Å²) in [6, 6.07) is 11.3. The number of hydrazone groups is 1. The number of nitrogens with one attached hydrogen (secondary N) is 1. The molecule has 0 aliphatic carbocycles. The Labute approximate surface area is 160 Å². The zero-order valence-electron chi connectivity index (χ0n) is 11.9. The predicted octanol–water partition coefficient (Wildman–Crippen LogP) is 6.46. The van der Waals surface area contributed by atoms with Crippen LogP contribution < -0.4 is 5.43 Å². The van der Waals surface area contributed by atoms with E-state index in [-0.39, 0.29) is 15.6 Å². The van der Waals surface area contributed by atoms with Gasteiger partial charge in [0.25, 0.3) is 0 Å². The van der Waals surface area contributed by atoms with Crippen LogP contribution in [0.1, 0.15) is 5.56 Å². The molecule has 3 nitrogen and oxygen atoms in total. The van der Waals surface area contributed by atoms with Crippen LogP contribution >= 0.6 is 50.5 Å². The van der Waals surface area contributed by atoms with Gasteiger partial charge in [0.2, 0.25) is 5.13 Å². The van der Waals surface area contributed by atoms with Crippen LogP contribution in [0.2, 0.25) is 10.0 Å². The zero-order valence-corrected chi connectivity index (χ0v) is 15.8. The van der Waals surface area contributed by atoms with Crippen molar-refractivity contribution in [3.63, 3.8) is 0 Å². The van der Waals surface area contributed by atoms with Crippen LogP contribution in [0.4, 0.5) is 9.52 Å². The molecule has 0 amide bonds. The number of aromatic nitrogens is 1. The quantitative estimate of drug-likeness (QED) is 0.217. The number of hydrogen-bond donors (Lipinski definition) is 1. The van der Waals surface area contributed by atoms with E-state index in [0.29, 0.717) is 9.60 Å². The van der Waals surface area contributed by atoms with Gasteiger partial charge in [-0.15, -0.1) is 11.3 Å². The highest BCUT2D eigenvalue weighted by molar-refractivity contribution is 9.10. The lowest BCUT2D eigenvalue weighted by Gasteiger charge is -2.04. The molecule has 1 heterocycles. The lowest BCUT2D eigenvalue weighted by atomic mass is 10.2. The van der Waals surface area contributed by atoms with Gasteiger partial charge in [-0.05, 0) is 22.0 Å². The lowest BCUT2D eigenvalue weighted by Crippen LogP contribution is -1.95. The third-order valence-corrected chi connectivity index (χ3v) is 5.36. The van der Waals surface area contributed by atoms with E-state index in [1.807, 2.05) is 35.7 Å². The van der Waals surface area contributed by atoms with Gasteiger partial charge in [0.05, 0.1) is 27.5 Å². The standard InChI is InChI=1S/C16H9BrCl2FN3S/c17-11-6-12(18)10(15(20)14(11)19)7-21-23-16-22-13(8-24-16)9-4-2-1-3-5-9/h1-8H,(H,22,23). The van der Waals surface area contributed by atoms with Gasteiger partial charge in [-0.1, -0.05) is 53.5 Å². The minimum absolute atomic E-state index is 0.0403. The molecule has 0 atom stereocenters. The average Bonchev–Trinajstić information content (AvgIpc) is 3.06. The van der Waals surface area contributed by atoms with Gasteiger partial charge >= 0.3 is 0 Å². The molecule has 0 unspecified atom stereocenters. The summed E-state index contributed by atoms with van der Waals surface area (Å²) in [5.74, 6) is -0.634. The molecule has 0 bridgehead atoms. The predicted molar refractivity (Wildman–Crippen MR) is 103 cm³/mol. The summed E-state index contributed by atoms with van der Waals surface area (Å²) in [6.45, 7) is 0. The van der Waals surface area contributed by atoms with E-state index < -0.39 is 5.82 Å². The number of anilines is 1. The highest BCUT2D eigenvalue weighted by Gasteiger charge is 2.13. The van der Waals surface area contributed by atoms with E-state index in [9.17, 15) is 4.39 Å². The van der Waals surface area contributed by atoms with Gasteiger partial charge in [0, 0.05) is 15.4 Å². The van der Waals surface area contributed by atoms with E-state index >= 15 is 0 Å². The van der Waals surface area contributed by atoms with E-state index in [0.717, 1.165) is 11.3 Å². The maximum absolute atomic E-state index is 14.1. The summed E-state index contributed by atoms with van der Waals surface area (Å²) >= 11 is 16.4. The molecular formula is C16H9BrCl2FN3S. The fraction of sp³-hybridized carbons (Fsp3) is 0. The molecule has 0 saturated carbocycles. The van der Waals surface area contributed by atoms with Gasteiger partial charge in [-0.3, -0.25) is 5.43 Å². The molecule has 0 saturated heterocycles. The maximum atomic E-state index is 14.1. The van der Waals surface area contributed by atoms with Gasteiger partial charge in [-0.25, -0.2) is 9.37 Å². The van der Waals surface area contributed by atoms with E-state index in [4.69, 9.17) is 23.2 Å².